The lowest BCUT2D eigenvalue weighted by atomic mass is 10.0. The van der Waals surface area contributed by atoms with Gasteiger partial charge in [-0.05, 0) is 24.1 Å². The smallest absolute Gasteiger partial charge is 0.0447 e. The van der Waals surface area contributed by atoms with E-state index in [-0.39, 0.29) is 0 Å². The van der Waals surface area contributed by atoms with Crippen molar-refractivity contribution >= 4 is 0 Å². The highest BCUT2D eigenvalue weighted by molar-refractivity contribution is 5.62. The predicted octanol–water partition coefficient (Wildman–Crippen LogP) is 4.65. The van der Waals surface area contributed by atoms with Crippen molar-refractivity contribution in [3.8, 4) is 11.1 Å². The van der Waals surface area contributed by atoms with Crippen LogP contribution >= 0.6 is 0 Å². The Labute approximate surface area is 119 Å². The van der Waals surface area contributed by atoms with Crippen molar-refractivity contribution < 1.29 is 0 Å². The summed E-state index contributed by atoms with van der Waals surface area (Å²) in [5.41, 5.74) is 6.07. The standard InChI is InChI=1S/C19H17N/c1-15-7-9-16(10-8-15)13-19-12-11-18(14-20-19)17-5-3-2-4-6-17/h2-12,14H,13H2,1H3. The second-order valence-corrected chi connectivity index (χ2v) is 5.07. The predicted molar refractivity (Wildman–Crippen MR) is 83.7 cm³/mol. The Morgan fingerprint density at radius 1 is 0.750 bits per heavy atom. The van der Waals surface area contributed by atoms with E-state index in [0.29, 0.717) is 0 Å². The summed E-state index contributed by atoms with van der Waals surface area (Å²) in [5.74, 6) is 0. The molecular weight excluding hydrogens is 242 g/mol. The van der Waals surface area contributed by atoms with Gasteiger partial charge in [0.05, 0.1) is 0 Å². The maximum absolute atomic E-state index is 4.57. The molecule has 0 saturated carbocycles. The Morgan fingerprint density at radius 2 is 1.50 bits per heavy atom. The van der Waals surface area contributed by atoms with Gasteiger partial charge in [0.1, 0.15) is 0 Å². The number of rotatable bonds is 3. The monoisotopic (exact) mass is 259 g/mol. The van der Waals surface area contributed by atoms with Crippen LogP contribution in [0.3, 0.4) is 0 Å². The van der Waals surface area contributed by atoms with Gasteiger partial charge in [-0.2, -0.15) is 0 Å². The Hall–Kier alpha value is -2.41. The largest absolute Gasteiger partial charge is 0.260 e. The minimum absolute atomic E-state index is 0.884. The van der Waals surface area contributed by atoms with Gasteiger partial charge < -0.3 is 0 Å². The summed E-state index contributed by atoms with van der Waals surface area (Å²) in [6, 6.07) is 23.2. The number of benzene rings is 2. The van der Waals surface area contributed by atoms with Gasteiger partial charge in [0.15, 0.2) is 0 Å². The molecule has 0 aliphatic rings. The Bertz CT molecular complexity index is 667. The summed E-state index contributed by atoms with van der Waals surface area (Å²) in [6.45, 7) is 2.11. The molecule has 0 fully saturated rings. The highest BCUT2D eigenvalue weighted by Gasteiger charge is 2.00. The molecule has 0 saturated heterocycles. The van der Waals surface area contributed by atoms with Crippen molar-refractivity contribution in [3.05, 3.63) is 89.7 Å². The Balaban J connectivity index is 1.78. The zero-order chi connectivity index (χ0) is 13.8. The molecule has 1 heterocycles. The van der Waals surface area contributed by atoms with Gasteiger partial charge in [0, 0.05) is 23.9 Å². The first kappa shape index (κ1) is 12.6. The molecular formula is C19H17N. The van der Waals surface area contributed by atoms with E-state index >= 15 is 0 Å². The van der Waals surface area contributed by atoms with E-state index in [2.05, 4.69) is 72.6 Å². The summed E-state index contributed by atoms with van der Waals surface area (Å²) < 4.78 is 0. The summed E-state index contributed by atoms with van der Waals surface area (Å²) in [6.07, 6.45) is 2.84. The summed E-state index contributed by atoms with van der Waals surface area (Å²) in [7, 11) is 0. The molecule has 0 spiro atoms. The van der Waals surface area contributed by atoms with Gasteiger partial charge in [-0.1, -0.05) is 66.2 Å². The average molecular weight is 259 g/mol. The summed E-state index contributed by atoms with van der Waals surface area (Å²) in [5, 5.41) is 0. The van der Waals surface area contributed by atoms with Gasteiger partial charge in [-0.25, -0.2) is 0 Å². The van der Waals surface area contributed by atoms with Crippen molar-refractivity contribution in [2.75, 3.05) is 0 Å². The van der Waals surface area contributed by atoms with Crippen LogP contribution in [-0.4, -0.2) is 4.98 Å². The van der Waals surface area contributed by atoms with Crippen molar-refractivity contribution in [2.24, 2.45) is 0 Å². The van der Waals surface area contributed by atoms with E-state index in [0.717, 1.165) is 12.1 Å². The fraction of sp³-hybridized carbons (Fsp3) is 0.105. The number of pyridine rings is 1. The lowest BCUT2D eigenvalue weighted by Gasteiger charge is -2.04. The van der Waals surface area contributed by atoms with E-state index in [4.69, 9.17) is 0 Å². The topological polar surface area (TPSA) is 12.9 Å². The molecule has 0 unspecified atom stereocenters. The first-order valence-corrected chi connectivity index (χ1v) is 6.87. The van der Waals surface area contributed by atoms with Crippen molar-refractivity contribution in [2.45, 2.75) is 13.3 Å². The van der Waals surface area contributed by atoms with Crippen LogP contribution in [0.4, 0.5) is 0 Å². The maximum atomic E-state index is 4.57. The Morgan fingerprint density at radius 3 is 2.15 bits per heavy atom. The van der Waals surface area contributed by atoms with E-state index in [1.807, 2.05) is 12.3 Å². The van der Waals surface area contributed by atoms with Crippen molar-refractivity contribution in [1.82, 2.24) is 4.98 Å². The van der Waals surface area contributed by atoms with Crippen molar-refractivity contribution in [1.29, 1.82) is 0 Å². The quantitative estimate of drug-likeness (QED) is 0.667. The molecule has 1 heteroatoms. The minimum Gasteiger partial charge on any atom is -0.260 e. The van der Waals surface area contributed by atoms with Crippen LogP contribution in [0.15, 0.2) is 72.9 Å². The number of nitrogens with zero attached hydrogens (tertiary/aromatic N) is 1. The third-order valence-electron chi connectivity index (χ3n) is 3.44. The van der Waals surface area contributed by atoms with E-state index in [1.165, 1.54) is 22.3 Å². The first-order chi connectivity index (χ1) is 9.81. The van der Waals surface area contributed by atoms with Gasteiger partial charge in [0.25, 0.3) is 0 Å². The fourth-order valence-corrected chi connectivity index (χ4v) is 2.25. The second-order valence-electron chi connectivity index (χ2n) is 5.07. The molecule has 2 aromatic carbocycles. The van der Waals surface area contributed by atoms with Gasteiger partial charge in [-0.15, -0.1) is 0 Å². The number of aromatic nitrogens is 1. The fourth-order valence-electron chi connectivity index (χ4n) is 2.25. The van der Waals surface area contributed by atoms with Crippen LogP contribution in [0.1, 0.15) is 16.8 Å². The van der Waals surface area contributed by atoms with Gasteiger partial charge in [-0.3, -0.25) is 4.98 Å². The SMILES string of the molecule is Cc1ccc(Cc2ccc(-c3ccccc3)cn2)cc1. The summed E-state index contributed by atoms with van der Waals surface area (Å²) in [4.78, 5) is 4.57. The van der Waals surface area contributed by atoms with Gasteiger partial charge >= 0.3 is 0 Å². The Kier molecular flexibility index (Phi) is 3.60. The molecule has 0 aliphatic carbocycles. The van der Waals surface area contributed by atoms with Crippen LogP contribution in [0.25, 0.3) is 11.1 Å². The number of aryl methyl sites for hydroxylation is 1. The molecule has 1 aromatic heterocycles. The van der Waals surface area contributed by atoms with E-state index < -0.39 is 0 Å². The van der Waals surface area contributed by atoms with Crippen LogP contribution in [-0.2, 0) is 6.42 Å². The lowest BCUT2D eigenvalue weighted by Crippen LogP contribution is -1.92. The highest BCUT2D eigenvalue weighted by Crippen LogP contribution is 2.18. The molecule has 20 heavy (non-hydrogen) atoms. The molecule has 0 radical (unpaired) electrons. The molecule has 0 aliphatic heterocycles. The number of hydrogen-bond acceptors (Lipinski definition) is 1. The normalized spacial score (nSPS) is 10.4. The van der Waals surface area contributed by atoms with Gasteiger partial charge in [0.2, 0.25) is 0 Å². The summed E-state index contributed by atoms with van der Waals surface area (Å²) >= 11 is 0. The highest BCUT2D eigenvalue weighted by atomic mass is 14.7. The number of hydrogen-bond donors (Lipinski definition) is 0. The zero-order valence-electron chi connectivity index (χ0n) is 11.6. The molecule has 1 nitrogen and oxygen atoms in total. The molecule has 3 rings (SSSR count). The second kappa shape index (κ2) is 5.70. The molecule has 0 atom stereocenters. The lowest BCUT2D eigenvalue weighted by molar-refractivity contribution is 1.07. The molecule has 0 bridgehead atoms. The first-order valence-electron chi connectivity index (χ1n) is 6.87. The minimum atomic E-state index is 0.884. The maximum Gasteiger partial charge on any atom is 0.0447 e. The van der Waals surface area contributed by atoms with Crippen LogP contribution < -0.4 is 0 Å². The van der Waals surface area contributed by atoms with Crippen molar-refractivity contribution in [3.63, 3.8) is 0 Å². The van der Waals surface area contributed by atoms with Crippen LogP contribution in [0.5, 0.6) is 0 Å². The third kappa shape index (κ3) is 2.94. The van der Waals surface area contributed by atoms with Crippen LogP contribution in [0, 0.1) is 6.92 Å². The molecule has 98 valence electrons. The third-order valence-corrected chi connectivity index (χ3v) is 3.44. The van der Waals surface area contributed by atoms with E-state index in [1.54, 1.807) is 0 Å². The average Bonchev–Trinajstić information content (AvgIpc) is 2.51. The molecule has 0 N–H and O–H groups in total. The molecule has 3 aromatic rings. The van der Waals surface area contributed by atoms with Crippen LogP contribution in [0.2, 0.25) is 0 Å². The zero-order valence-corrected chi connectivity index (χ0v) is 11.6. The van der Waals surface area contributed by atoms with E-state index in [9.17, 15) is 0 Å². The molecule has 0 amide bonds.